The van der Waals surface area contributed by atoms with Crippen molar-refractivity contribution in [3.63, 3.8) is 0 Å². The number of ether oxygens (including phenoxy) is 4. The van der Waals surface area contributed by atoms with E-state index >= 15 is 0 Å². The molecular weight excluding hydrogens is 454 g/mol. The van der Waals surface area contributed by atoms with Crippen LogP contribution >= 0.6 is 11.6 Å². The second-order valence-electron chi connectivity index (χ2n) is 9.29. The molecule has 4 atom stereocenters. The van der Waals surface area contributed by atoms with Gasteiger partial charge < -0.3 is 24.3 Å². The molecule has 0 aliphatic carbocycles. The number of carbonyl (C=O) groups is 1. The summed E-state index contributed by atoms with van der Waals surface area (Å²) in [5.74, 6) is -0.432. The minimum atomic E-state index is -0.476. The molecular formula is C27H32ClNO5. The summed E-state index contributed by atoms with van der Waals surface area (Å²) < 4.78 is 23.4. The number of amides is 1. The van der Waals surface area contributed by atoms with Crippen molar-refractivity contribution in [2.24, 2.45) is 0 Å². The molecule has 2 aromatic rings. The predicted molar refractivity (Wildman–Crippen MR) is 130 cm³/mol. The number of hydrogen-bond donors (Lipinski definition) is 1. The van der Waals surface area contributed by atoms with Crippen molar-refractivity contribution in [2.75, 3.05) is 19.8 Å². The Labute approximate surface area is 205 Å². The highest BCUT2D eigenvalue weighted by Crippen LogP contribution is 2.46. The Morgan fingerprint density at radius 2 is 1.82 bits per heavy atom. The fourth-order valence-electron chi connectivity index (χ4n) is 5.56. The highest BCUT2D eigenvalue weighted by molar-refractivity contribution is 6.30. The van der Waals surface area contributed by atoms with Crippen LogP contribution in [0.3, 0.4) is 0 Å². The van der Waals surface area contributed by atoms with Crippen LogP contribution in [0.4, 0.5) is 0 Å². The van der Waals surface area contributed by atoms with Crippen LogP contribution < -0.4 is 5.32 Å². The first-order chi connectivity index (χ1) is 16.5. The molecule has 3 saturated heterocycles. The normalized spacial score (nSPS) is 27.7. The van der Waals surface area contributed by atoms with E-state index in [0.717, 1.165) is 34.2 Å². The van der Waals surface area contributed by atoms with Gasteiger partial charge in [0.1, 0.15) is 0 Å². The summed E-state index contributed by atoms with van der Waals surface area (Å²) >= 11 is 6.13. The molecule has 1 spiro atoms. The number of epoxide rings is 1. The predicted octanol–water partition coefficient (Wildman–Crippen LogP) is 4.74. The van der Waals surface area contributed by atoms with E-state index in [9.17, 15) is 4.79 Å². The van der Waals surface area contributed by atoms with Gasteiger partial charge in [-0.2, -0.15) is 0 Å². The van der Waals surface area contributed by atoms with Crippen LogP contribution in [-0.2, 0) is 30.2 Å². The van der Waals surface area contributed by atoms with Crippen molar-refractivity contribution < 1.29 is 23.7 Å². The molecule has 4 unspecified atom stereocenters. The van der Waals surface area contributed by atoms with Gasteiger partial charge in [-0.15, -0.1) is 0 Å². The van der Waals surface area contributed by atoms with E-state index < -0.39 is 17.7 Å². The van der Waals surface area contributed by atoms with Crippen molar-refractivity contribution in [3.05, 3.63) is 58.1 Å². The van der Waals surface area contributed by atoms with E-state index in [2.05, 4.69) is 31.3 Å². The second-order valence-corrected chi connectivity index (χ2v) is 9.73. The van der Waals surface area contributed by atoms with Crippen LogP contribution in [0, 0.1) is 6.92 Å². The third-order valence-corrected chi connectivity index (χ3v) is 7.62. The maximum atomic E-state index is 13.7. The van der Waals surface area contributed by atoms with Gasteiger partial charge in [0.05, 0.1) is 17.6 Å². The second kappa shape index (κ2) is 9.59. The van der Waals surface area contributed by atoms with Crippen molar-refractivity contribution in [3.8, 4) is 11.1 Å². The first kappa shape index (κ1) is 23.8. The molecule has 3 aliphatic rings. The minimum Gasteiger partial charge on any atom is -0.381 e. The average molecular weight is 486 g/mol. The lowest BCUT2D eigenvalue weighted by molar-refractivity contribution is -0.122. The molecule has 182 valence electrons. The highest BCUT2D eigenvalue weighted by Gasteiger charge is 2.58. The summed E-state index contributed by atoms with van der Waals surface area (Å²) in [6, 6.07) is 12.1. The molecule has 5 rings (SSSR count). The molecule has 0 saturated carbocycles. The van der Waals surface area contributed by atoms with E-state index in [4.69, 9.17) is 30.5 Å². The van der Waals surface area contributed by atoms with E-state index in [1.54, 1.807) is 0 Å². The molecule has 3 heterocycles. The van der Waals surface area contributed by atoms with Gasteiger partial charge in [-0.1, -0.05) is 42.8 Å². The van der Waals surface area contributed by atoms with Crippen LogP contribution in [-0.4, -0.2) is 50.0 Å². The summed E-state index contributed by atoms with van der Waals surface area (Å²) in [5, 5.41) is 4.03. The maximum absolute atomic E-state index is 13.7. The number of hydrogen-bond acceptors (Lipinski definition) is 5. The zero-order chi connectivity index (χ0) is 23.9. The van der Waals surface area contributed by atoms with E-state index in [1.807, 2.05) is 31.2 Å². The van der Waals surface area contributed by atoms with Crippen LogP contribution in [0.2, 0.25) is 5.02 Å². The summed E-state index contributed by atoms with van der Waals surface area (Å²) in [6.45, 7) is 7.91. The molecule has 1 amide bonds. The molecule has 0 bridgehead atoms. The lowest BCUT2D eigenvalue weighted by Crippen LogP contribution is -2.54. The Hall–Kier alpha value is -1.96. The van der Waals surface area contributed by atoms with Crippen LogP contribution in [0.1, 0.15) is 49.3 Å². The number of nitrogens with one attached hydrogen (secondary N) is 1. The topological polar surface area (TPSA) is 69.3 Å². The smallest absolute Gasteiger partial charge is 0.230 e. The average Bonchev–Trinajstić information content (AvgIpc) is 3.52. The molecule has 0 aromatic heterocycles. The minimum absolute atomic E-state index is 0.00608. The van der Waals surface area contributed by atoms with Crippen LogP contribution in [0.15, 0.2) is 36.4 Å². The lowest BCUT2D eigenvalue weighted by Gasteiger charge is -2.39. The third kappa shape index (κ3) is 4.27. The first-order valence-corrected chi connectivity index (χ1v) is 12.6. The molecule has 7 heteroatoms. The Bertz CT molecular complexity index is 1050. The van der Waals surface area contributed by atoms with Gasteiger partial charge >= 0.3 is 0 Å². The number of carbonyl (C=O) groups excluding carboxylic acids is 1. The van der Waals surface area contributed by atoms with Crippen LogP contribution in [0.25, 0.3) is 11.1 Å². The van der Waals surface area contributed by atoms with Gasteiger partial charge in [0, 0.05) is 24.8 Å². The lowest BCUT2D eigenvalue weighted by atomic mass is 9.77. The van der Waals surface area contributed by atoms with E-state index in [0.29, 0.717) is 37.7 Å². The molecule has 3 aliphatic heterocycles. The summed E-state index contributed by atoms with van der Waals surface area (Å²) in [6.07, 6.45) is 1.05. The third-order valence-electron chi connectivity index (χ3n) is 7.36. The first-order valence-electron chi connectivity index (χ1n) is 12.2. The Kier molecular flexibility index (Phi) is 6.70. The Balaban J connectivity index is 1.57. The Morgan fingerprint density at radius 3 is 2.50 bits per heavy atom. The van der Waals surface area contributed by atoms with Gasteiger partial charge in [-0.3, -0.25) is 4.79 Å². The van der Waals surface area contributed by atoms with Gasteiger partial charge in [-0.05, 0) is 73.1 Å². The molecule has 2 aromatic carbocycles. The quantitative estimate of drug-likeness (QED) is 0.573. The number of benzene rings is 2. The fraction of sp³-hybridized carbons (Fsp3) is 0.519. The van der Waals surface area contributed by atoms with Crippen molar-refractivity contribution >= 4 is 17.5 Å². The highest BCUT2D eigenvalue weighted by atomic mass is 35.5. The molecule has 3 fully saturated rings. The summed E-state index contributed by atoms with van der Waals surface area (Å²) in [7, 11) is 0. The molecule has 6 nitrogen and oxygen atoms in total. The zero-order valence-corrected chi connectivity index (χ0v) is 20.7. The van der Waals surface area contributed by atoms with Gasteiger partial charge in [0.2, 0.25) is 18.5 Å². The monoisotopic (exact) mass is 485 g/mol. The van der Waals surface area contributed by atoms with Crippen molar-refractivity contribution in [1.82, 2.24) is 5.32 Å². The standard InChI is InChI=1S/C27H32ClNO5/c1-4-17-8-11-20(18-6-9-19(28)10-7-18)16(3)21(17)22-23(33-26-25(34-26)32-5-2)27(29-24(22)30)12-14-31-15-13-27/h6-11,22-23,25-26H,4-5,12-15H2,1-3H3,(H,29,30). The summed E-state index contributed by atoms with van der Waals surface area (Å²) in [5.41, 5.74) is 5.00. The van der Waals surface area contributed by atoms with Gasteiger partial charge in [-0.25, -0.2) is 0 Å². The van der Waals surface area contributed by atoms with E-state index in [1.165, 1.54) is 0 Å². The number of rotatable bonds is 7. The molecule has 34 heavy (non-hydrogen) atoms. The fourth-order valence-corrected chi connectivity index (χ4v) is 5.69. The van der Waals surface area contributed by atoms with Crippen LogP contribution in [0.5, 0.6) is 0 Å². The van der Waals surface area contributed by atoms with Gasteiger partial charge in [0.15, 0.2) is 0 Å². The summed E-state index contributed by atoms with van der Waals surface area (Å²) in [4.78, 5) is 13.7. The SMILES string of the molecule is CCOC1OC1OC1C(c2c(CC)ccc(-c3ccc(Cl)cc3)c2C)C(=O)NC12CCOCC2. The van der Waals surface area contributed by atoms with Crippen molar-refractivity contribution in [2.45, 2.75) is 70.2 Å². The Morgan fingerprint density at radius 1 is 1.09 bits per heavy atom. The molecule has 0 radical (unpaired) electrons. The largest absolute Gasteiger partial charge is 0.381 e. The molecule has 1 N–H and O–H groups in total. The number of aryl methyl sites for hydroxylation is 1. The zero-order valence-electron chi connectivity index (χ0n) is 19.9. The van der Waals surface area contributed by atoms with E-state index in [-0.39, 0.29) is 18.3 Å². The van der Waals surface area contributed by atoms with Gasteiger partial charge in [0.25, 0.3) is 0 Å². The van der Waals surface area contributed by atoms with Crippen molar-refractivity contribution in [1.29, 1.82) is 0 Å². The maximum Gasteiger partial charge on any atom is 0.230 e. The number of halogens is 1.